The zero-order valence-corrected chi connectivity index (χ0v) is 16.1. The first-order valence-electron chi connectivity index (χ1n) is 8.47. The van der Waals surface area contributed by atoms with E-state index in [0.29, 0.717) is 11.1 Å². The fourth-order valence-electron chi connectivity index (χ4n) is 3.00. The van der Waals surface area contributed by atoms with Crippen molar-refractivity contribution in [3.05, 3.63) is 101 Å². The third-order valence-corrected chi connectivity index (χ3v) is 5.99. The van der Waals surface area contributed by atoms with Gasteiger partial charge in [-0.2, -0.15) is 12.8 Å². The number of halogens is 1. The molecule has 0 aliphatic heterocycles. The molecule has 0 bridgehead atoms. The number of Topliss-reactive ketones (excluding diaryl/α,β-unsaturated/α-hetero) is 1. The largest absolute Gasteiger partial charge is 0.288 e. The van der Waals surface area contributed by atoms with Gasteiger partial charge in [0.05, 0.1) is 15.6 Å². The Morgan fingerprint density at radius 2 is 1.29 bits per heavy atom. The van der Waals surface area contributed by atoms with Crippen LogP contribution >= 0.6 is 11.6 Å². The highest BCUT2D eigenvalue weighted by Gasteiger charge is 2.25. The molecule has 0 atom stereocenters. The van der Waals surface area contributed by atoms with Crippen molar-refractivity contribution in [3.63, 3.8) is 0 Å². The molecule has 0 saturated carbocycles. The lowest BCUT2D eigenvalue weighted by atomic mass is 9.94. The Balaban J connectivity index is 1.74. The van der Waals surface area contributed by atoms with E-state index in [1.165, 1.54) is 18.2 Å². The molecule has 4 nitrogen and oxygen atoms in total. The molecule has 0 saturated heterocycles. The summed E-state index contributed by atoms with van der Waals surface area (Å²) >= 11 is 5.99. The van der Waals surface area contributed by atoms with Gasteiger partial charge in [0.15, 0.2) is 0 Å². The van der Waals surface area contributed by atoms with Gasteiger partial charge in [0.25, 0.3) is 10.0 Å². The molecule has 3 aromatic carbocycles. The Labute approximate surface area is 167 Å². The second kappa shape index (κ2) is 7.19. The van der Waals surface area contributed by atoms with E-state index < -0.39 is 10.0 Å². The smallest absolute Gasteiger partial charge is 0.282 e. The number of allylic oxidation sites excluding steroid dienone is 2. The van der Waals surface area contributed by atoms with E-state index in [-0.39, 0.29) is 21.4 Å². The molecule has 0 radical (unpaired) electrons. The molecule has 0 heterocycles. The summed E-state index contributed by atoms with van der Waals surface area (Å²) in [5.74, 6) is -0.346. The number of benzene rings is 3. The first-order valence-corrected chi connectivity index (χ1v) is 10.3. The van der Waals surface area contributed by atoms with E-state index in [9.17, 15) is 13.2 Å². The second-order valence-corrected chi connectivity index (χ2v) is 8.22. The van der Waals surface area contributed by atoms with E-state index in [1.54, 1.807) is 36.4 Å². The molecule has 0 fully saturated rings. The lowest BCUT2D eigenvalue weighted by Gasteiger charge is -2.14. The van der Waals surface area contributed by atoms with Gasteiger partial charge in [-0.1, -0.05) is 78.3 Å². The fourth-order valence-corrected chi connectivity index (χ4v) is 4.20. The van der Waals surface area contributed by atoms with Crippen LogP contribution in [-0.4, -0.2) is 19.9 Å². The van der Waals surface area contributed by atoms with Gasteiger partial charge in [-0.3, -0.25) is 4.79 Å². The number of hydrogen-bond donors (Lipinski definition) is 0. The van der Waals surface area contributed by atoms with Crippen LogP contribution in [0.5, 0.6) is 0 Å². The molecular formula is C22H14ClNO3S. The predicted molar refractivity (Wildman–Crippen MR) is 110 cm³/mol. The van der Waals surface area contributed by atoms with Gasteiger partial charge in [-0.05, 0) is 29.3 Å². The van der Waals surface area contributed by atoms with Crippen molar-refractivity contribution in [1.29, 1.82) is 0 Å². The third-order valence-electron chi connectivity index (χ3n) is 4.41. The van der Waals surface area contributed by atoms with E-state index in [1.807, 2.05) is 30.3 Å². The van der Waals surface area contributed by atoms with Gasteiger partial charge >= 0.3 is 0 Å². The van der Waals surface area contributed by atoms with Gasteiger partial charge in [0.2, 0.25) is 5.78 Å². The van der Waals surface area contributed by atoms with Crippen LogP contribution in [0.2, 0.25) is 0 Å². The summed E-state index contributed by atoms with van der Waals surface area (Å²) in [6, 6.07) is 22.9. The zero-order valence-electron chi connectivity index (χ0n) is 14.5. The molecule has 28 heavy (non-hydrogen) atoms. The van der Waals surface area contributed by atoms with E-state index in [4.69, 9.17) is 11.6 Å². The second-order valence-electron chi connectivity index (χ2n) is 6.21. The summed E-state index contributed by atoms with van der Waals surface area (Å²) in [5.41, 5.74) is 2.83. The highest BCUT2D eigenvalue weighted by molar-refractivity contribution is 7.90. The Morgan fingerprint density at radius 3 is 1.96 bits per heavy atom. The van der Waals surface area contributed by atoms with Crippen molar-refractivity contribution in [2.75, 3.05) is 0 Å². The number of carbonyl (C=O) groups excluding carboxylic acids is 1. The van der Waals surface area contributed by atoms with Crippen molar-refractivity contribution in [2.45, 2.75) is 4.90 Å². The number of carbonyl (C=O) groups is 1. The minimum atomic E-state index is -3.97. The molecule has 4 rings (SSSR count). The average molecular weight is 408 g/mol. The van der Waals surface area contributed by atoms with Crippen molar-refractivity contribution in [2.24, 2.45) is 4.40 Å². The van der Waals surface area contributed by atoms with Crippen LogP contribution in [0.15, 0.2) is 99.3 Å². The maximum absolute atomic E-state index is 12.8. The summed E-state index contributed by atoms with van der Waals surface area (Å²) in [7, 11) is -3.97. The molecule has 0 amide bonds. The molecule has 3 aromatic rings. The molecule has 1 aliphatic rings. The first kappa shape index (κ1) is 18.3. The molecule has 0 spiro atoms. The zero-order chi connectivity index (χ0) is 19.7. The van der Waals surface area contributed by atoms with Gasteiger partial charge in [-0.25, -0.2) is 0 Å². The van der Waals surface area contributed by atoms with E-state index >= 15 is 0 Å². The van der Waals surface area contributed by atoms with Crippen LogP contribution < -0.4 is 0 Å². The SMILES string of the molecule is O=C1C(Cl)=C/C(=N\S(=O)(=O)c2ccc(-c3ccccc3)cc2)c2ccccc21. The lowest BCUT2D eigenvalue weighted by molar-refractivity contribution is 0.104. The van der Waals surface area contributed by atoms with E-state index in [0.717, 1.165) is 11.1 Å². The molecule has 0 N–H and O–H groups in total. The van der Waals surface area contributed by atoms with Crippen LogP contribution in [0.4, 0.5) is 0 Å². The fraction of sp³-hybridized carbons (Fsp3) is 0. The quantitative estimate of drug-likeness (QED) is 0.623. The topological polar surface area (TPSA) is 63.6 Å². The minimum absolute atomic E-state index is 0.0629. The van der Waals surface area contributed by atoms with Crippen molar-refractivity contribution < 1.29 is 13.2 Å². The number of hydrogen-bond acceptors (Lipinski definition) is 3. The first-order chi connectivity index (χ1) is 13.5. The monoisotopic (exact) mass is 407 g/mol. The van der Waals surface area contributed by atoms with Gasteiger partial charge in [0, 0.05) is 11.1 Å². The number of fused-ring (bicyclic) bond motifs is 1. The summed E-state index contributed by atoms with van der Waals surface area (Å²) in [4.78, 5) is 12.2. The van der Waals surface area contributed by atoms with Crippen molar-refractivity contribution in [1.82, 2.24) is 0 Å². The Kier molecular flexibility index (Phi) is 4.71. The molecule has 138 valence electrons. The molecule has 1 aliphatic carbocycles. The van der Waals surface area contributed by atoms with Crippen molar-refractivity contribution >= 4 is 33.1 Å². The Bertz CT molecular complexity index is 1230. The van der Waals surface area contributed by atoms with Gasteiger partial charge in [-0.15, -0.1) is 0 Å². The highest BCUT2D eigenvalue weighted by Crippen LogP contribution is 2.26. The Morgan fingerprint density at radius 1 is 0.714 bits per heavy atom. The number of ketones is 1. The van der Waals surface area contributed by atoms with Crippen molar-refractivity contribution in [3.8, 4) is 11.1 Å². The highest BCUT2D eigenvalue weighted by atomic mass is 35.5. The maximum atomic E-state index is 12.8. The standard InChI is InChI=1S/C22H14ClNO3S/c23-20-14-21(18-8-4-5-9-19(18)22(20)25)24-28(26,27)17-12-10-16(11-13-17)15-6-2-1-3-7-15/h1-14H/b24-21+. The van der Waals surface area contributed by atoms with Gasteiger partial charge in [0.1, 0.15) is 0 Å². The molecule has 0 aromatic heterocycles. The van der Waals surface area contributed by atoms with Crippen LogP contribution in [0.25, 0.3) is 11.1 Å². The number of rotatable bonds is 3. The average Bonchev–Trinajstić information content (AvgIpc) is 2.72. The predicted octanol–water partition coefficient (Wildman–Crippen LogP) is 4.85. The van der Waals surface area contributed by atoms with Crippen LogP contribution in [0, 0.1) is 0 Å². The lowest BCUT2D eigenvalue weighted by Crippen LogP contribution is -2.16. The summed E-state index contributed by atoms with van der Waals surface area (Å²) in [6.45, 7) is 0. The molecular weight excluding hydrogens is 394 g/mol. The normalized spacial score (nSPS) is 15.2. The molecule has 0 unspecified atom stereocenters. The summed E-state index contributed by atoms with van der Waals surface area (Å²) in [5, 5.41) is -0.0629. The Hall–Kier alpha value is -3.02. The van der Waals surface area contributed by atoms with Gasteiger partial charge < -0.3 is 0 Å². The van der Waals surface area contributed by atoms with E-state index in [2.05, 4.69) is 4.40 Å². The number of sulfonamides is 1. The summed E-state index contributed by atoms with van der Waals surface area (Å²) < 4.78 is 29.5. The maximum Gasteiger partial charge on any atom is 0.282 e. The number of nitrogens with zero attached hydrogens (tertiary/aromatic N) is 1. The van der Waals surface area contributed by atoms with Crippen LogP contribution in [0.1, 0.15) is 15.9 Å². The third kappa shape index (κ3) is 3.42. The summed E-state index contributed by atoms with van der Waals surface area (Å²) in [6.07, 6.45) is 1.29. The minimum Gasteiger partial charge on any atom is -0.288 e. The van der Waals surface area contributed by atoms with Crippen LogP contribution in [0.3, 0.4) is 0 Å². The molecule has 6 heteroatoms. The van der Waals surface area contributed by atoms with Crippen LogP contribution in [-0.2, 0) is 10.0 Å².